The maximum absolute atomic E-state index is 8.47. The molecule has 0 spiro atoms. The first-order chi connectivity index (χ1) is 11.6. The van der Waals surface area contributed by atoms with Crippen molar-refractivity contribution in [1.29, 1.82) is 0 Å². The lowest BCUT2D eigenvalue weighted by atomic mass is 10.1. The molecule has 2 aromatic carbocycles. The molecule has 1 N–H and O–H groups in total. The van der Waals surface area contributed by atoms with Crippen molar-refractivity contribution in [3.8, 4) is 5.75 Å². The van der Waals surface area contributed by atoms with E-state index in [1.165, 1.54) is 11.1 Å². The highest BCUT2D eigenvalue weighted by Crippen LogP contribution is 2.26. The van der Waals surface area contributed by atoms with Gasteiger partial charge >= 0.3 is 0 Å². The van der Waals surface area contributed by atoms with Gasteiger partial charge in [-0.3, -0.25) is 0 Å². The average Bonchev–Trinajstić information content (AvgIpc) is 2.56. The van der Waals surface area contributed by atoms with Gasteiger partial charge in [-0.2, -0.15) is 0 Å². The minimum absolute atomic E-state index is 0.151. The third-order valence-corrected chi connectivity index (χ3v) is 3.46. The number of aliphatic hydroxyl groups excluding tert-OH is 1. The molecule has 2 aromatic rings. The highest BCUT2D eigenvalue weighted by atomic mass is 16.5. The molecular weight excluding hydrogens is 296 g/mol. The molecule has 2 heteroatoms. The highest BCUT2D eigenvalue weighted by Gasteiger charge is 2.11. The molecule has 0 aliphatic carbocycles. The molecule has 0 bridgehead atoms. The third-order valence-electron chi connectivity index (χ3n) is 3.46. The number of hydrogen-bond acceptors (Lipinski definition) is 2. The molecule has 0 saturated heterocycles. The summed E-state index contributed by atoms with van der Waals surface area (Å²) >= 11 is 0. The van der Waals surface area contributed by atoms with Crippen molar-refractivity contribution in [2.45, 2.75) is 52.7 Å². The average molecular weight is 326 g/mol. The fourth-order valence-corrected chi connectivity index (χ4v) is 2.35. The van der Waals surface area contributed by atoms with E-state index in [0.717, 1.165) is 18.6 Å². The molecule has 0 aliphatic heterocycles. The Balaban J connectivity index is 0.000000413. The SMILES string of the molecule is C/C=C/[C@@H](C)O.CCCC(Oc1cccc(C)c1)c1ccccc1. The Kier molecular flexibility index (Phi) is 9.55. The summed E-state index contributed by atoms with van der Waals surface area (Å²) in [5.74, 6) is 0.956. The predicted molar refractivity (Wildman–Crippen MR) is 102 cm³/mol. The van der Waals surface area contributed by atoms with Crippen LogP contribution in [0.1, 0.15) is 50.8 Å². The molecule has 0 fully saturated rings. The Bertz CT molecular complexity index is 588. The van der Waals surface area contributed by atoms with Crippen molar-refractivity contribution in [2.75, 3.05) is 0 Å². The topological polar surface area (TPSA) is 29.5 Å². The van der Waals surface area contributed by atoms with Crippen LogP contribution in [0.3, 0.4) is 0 Å². The zero-order valence-corrected chi connectivity index (χ0v) is 15.3. The molecule has 24 heavy (non-hydrogen) atoms. The first-order valence-electron chi connectivity index (χ1n) is 8.66. The Morgan fingerprint density at radius 2 is 1.79 bits per heavy atom. The summed E-state index contributed by atoms with van der Waals surface area (Å²) in [6.07, 6.45) is 5.57. The number of aliphatic hydroxyl groups is 1. The van der Waals surface area contributed by atoms with E-state index < -0.39 is 0 Å². The summed E-state index contributed by atoms with van der Waals surface area (Å²) in [5, 5.41) is 8.47. The Morgan fingerprint density at radius 3 is 2.29 bits per heavy atom. The van der Waals surface area contributed by atoms with Crippen LogP contribution in [0.25, 0.3) is 0 Å². The van der Waals surface area contributed by atoms with Crippen LogP contribution >= 0.6 is 0 Å². The number of allylic oxidation sites excluding steroid dienone is 1. The Morgan fingerprint density at radius 1 is 1.08 bits per heavy atom. The molecule has 0 amide bonds. The van der Waals surface area contributed by atoms with Crippen LogP contribution in [0, 0.1) is 6.92 Å². The van der Waals surface area contributed by atoms with Gasteiger partial charge in [-0.25, -0.2) is 0 Å². The summed E-state index contributed by atoms with van der Waals surface area (Å²) < 4.78 is 6.12. The normalized spacial score (nSPS) is 13.0. The van der Waals surface area contributed by atoms with Crippen LogP contribution < -0.4 is 4.74 Å². The summed E-state index contributed by atoms with van der Waals surface area (Å²) in [6, 6.07) is 18.7. The Hall–Kier alpha value is -2.06. The molecule has 0 saturated carbocycles. The van der Waals surface area contributed by atoms with E-state index in [-0.39, 0.29) is 12.2 Å². The van der Waals surface area contributed by atoms with Gasteiger partial charge in [0.15, 0.2) is 0 Å². The van der Waals surface area contributed by atoms with Gasteiger partial charge in [0.05, 0.1) is 6.10 Å². The second-order valence-electron chi connectivity index (χ2n) is 5.89. The fourth-order valence-electron chi connectivity index (χ4n) is 2.35. The quantitative estimate of drug-likeness (QED) is 0.674. The highest BCUT2D eigenvalue weighted by molar-refractivity contribution is 5.29. The predicted octanol–water partition coefficient (Wildman–Crippen LogP) is 5.86. The zero-order chi connectivity index (χ0) is 17.8. The number of ether oxygens (including phenoxy) is 1. The van der Waals surface area contributed by atoms with Gasteiger partial charge in [0, 0.05) is 0 Å². The van der Waals surface area contributed by atoms with E-state index in [1.54, 1.807) is 13.0 Å². The van der Waals surface area contributed by atoms with Gasteiger partial charge in [0.25, 0.3) is 0 Å². The molecule has 1 unspecified atom stereocenters. The van der Waals surface area contributed by atoms with E-state index in [4.69, 9.17) is 9.84 Å². The number of hydrogen-bond donors (Lipinski definition) is 1. The van der Waals surface area contributed by atoms with Crippen molar-refractivity contribution in [1.82, 2.24) is 0 Å². The summed E-state index contributed by atoms with van der Waals surface area (Å²) in [4.78, 5) is 0. The minimum atomic E-state index is -0.282. The molecule has 0 aromatic heterocycles. The van der Waals surface area contributed by atoms with Crippen LogP contribution in [0.15, 0.2) is 66.7 Å². The van der Waals surface area contributed by atoms with Crippen molar-refractivity contribution in [3.05, 3.63) is 77.9 Å². The van der Waals surface area contributed by atoms with Crippen molar-refractivity contribution < 1.29 is 9.84 Å². The maximum atomic E-state index is 8.47. The third kappa shape index (κ3) is 7.98. The fraction of sp³-hybridized carbons (Fsp3) is 0.364. The van der Waals surface area contributed by atoms with Gasteiger partial charge < -0.3 is 9.84 Å². The molecule has 2 rings (SSSR count). The molecule has 0 radical (unpaired) electrons. The van der Waals surface area contributed by atoms with Gasteiger partial charge in [-0.1, -0.05) is 68.0 Å². The van der Waals surface area contributed by atoms with Crippen LogP contribution in [0.5, 0.6) is 5.75 Å². The van der Waals surface area contributed by atoms with Crippen LogP contribution in [-0.2, 0) is 0 Å². The lowest BCUT2D eigenvalue weighted by Crippen LogP contribution is -2.07. The first kappa shape index (κ1) is 20.0. The van der Waals surface area contributed by atoms with E-state index in [9.17, 15) is 0 Å². The monoisotopic (exact) mass is 326 g/mol. The van der Waals surface area contributed by atoms with Crippen LogP contribution in [0.4, 0.5) is 0 Å². The van der Waals surface area contributed by atoms with Crippen LogP contribution in [0.2, 0.25) is 0 Å². The molecule has 0 heterocycles. The summed E-state index contributed by atoms with van der Waals surface area (Å²) in [7, 11) is 0. The number of aryl methyl sites for hydroxylation is 1. The lowest BCUT2D eigenvalue weighted by molar-refractivity contribution is 0.193. The van der Waals surface area contributed by atoms with Crippen LogP contribution in [-0.4, -0.2) is 11.2 Å². The maximum Gasteiger partial charge on any atom is 0.124 e. The van der Waals surface area contributed by atoms with Gasteiger partial charge in [0.1, 0.15) is 11.9 Å². The van der Waals surface area contributed by atoms with E-state index >= 15 is 0 Å². The Labute approximate surface area is 146 Å². The van der Waals surface area contributed by atoms with E-state index in [0.29, 0.717) is 0 Å². The smallest absolute Gasteiger partial charge is 0.124 e. The van der Waals surface area contributed by atoms with Gasteiger partial charge in [0.2, 0.25) is 0 Å². The minimum Gasteiger partial charge on any atom is -0.486 e. The number of rotatable bonds is 6. The summed E-state index contributed by atoms with van der Waals surface area (Å²) in [5.41, 5.74) is 2.48. The van der Waals surface area contributed by atoms with E-state index in [2.05, 4.69) is 50.2 Å². The standard InChI is InChI=1S/C17H20O.C5H10O/c1-3-8-17(15-10-5-4-6-11-15)18-16-12-7-9-14(2)13-16;1-3-4-5(2)6/h4-7,9-13,17H,3,8H2,1-2H3;3-6H,1-2H3/b;4-3+/t;5-/m.1/s1. The first-order valence-corrected chi connectivity index (χ1v) is 8.66. The number of benzene rings is 2. The molecule has 2 atom stereocenters. The molecular formula is C22H30O2. The largest absolute Gasteiger partial charge is 0.486 e. The second kappa shape index (κ2) is 11.5. The molecule has 0 aliphatic rings. The second-order valence-corrected chi connectivity index (χ2v) is 5.89. The van der Waals surface area contributed by atoms with Gasteiger partial charge in [-0.05, 0) is 50.5 Å². The zero-order valence-electron chi connectivity index (χ0n) is 15.3. The van der Waals surface area contributed by atoms with Gasteiger partial charge in [-0.15, -0.1) is 0 Å². The lowest BCUT2D eigenvalue weighted by Gasteiger charge is -2.19. The van der Waals surface area contributed by atoms with E-state index in [1.807, 2.05) is 31.2 Å². The van der Waals surface area contributed by atoms with Crippen molar-refractivity contribution in [2.24, 2.45) is 0 Å². The summed E-state index contributed by atoms with van der Waals surface area (Å²) in [6.45, 7) is 7.88. The molecule has 130 valence electrons. The molecule has 2 nitrogen and oxygen atoms in total. The van der Waals surface area contributed by atoms with Crippen molar-refractivity contribution in [3.63, 3.8) is 0 Å². The van der Waals surface area contributed by atoms with Crippen molar-refractivity contribution >= 4 is 0 Å².